The fourth-order valence-electron chi connectivity index (χ4n) is 3.03. The van der Waals surface area contributed by atoms with Crippen LogP contribution < -0.4 is 15.4 Å². The van der Waals surface area contributed by atoms with Gasteiger partial charge in [-0.2, -0.15) is 0 Å². The van der Waals surface area contributed by atoms with Crippen LogP contribution in [0.15, 0.2) is 47.6 Å². The van der Waals surface area contributed by atoms with Gasteiger partial charge in [-0.3, -0.25) is 4.98 Å². The van der Waals surface area contributed by atoms with Crippen molar-refractivity contribution in [2.75, 3.05) is 26.4 Å². The van der Waals surface area contributed by atoms with Crippen molar-refractivity contribution in [1.29, 1.82) is 0 Å². The van der Waals surface area contributed by atoms with Crippen LogP contribution >= 0.6 is 0 Å². The van der Waals surface area contributed by atoms with E-state index in [1.807, 2.05) is 18.2 Å². The largest absolute Gasteiger partial charge is 0.493 e. The molecule has 0 bridgehead atoms. The number of hydrogen-bond donors (Lipinski definition) is 2. The lowest BCUT2D eigenvalue weighted by Crippen LogP contribution is -2.37. The first-order chi connectivity index (χ1) is 13.7. The SMILES string of the molecule is CCNC(=NCc1ccc(C)cc1OCC1CCOC1)NCc1ccccn1. The van der Waals surface area contributed by atoms with Gasteiger partial charge in [0.15, 0.2) is 5.96 Å². The maximum absolute atomic E-state index is 6.12. The Morgan fingerprint density at radius 3 is 2.96 bits per heavy atom. The van der Waals surface area contributed by atoms with Crippen molar-refractivity contribution in [2.45, 2.75) is 33.4 Å². The summed E-state index contributed by atoms with van der Waals surface area (Å²) in [5.41, 5.74) is 3.25. The third-order valence-electron chi connectivity index (χ3n) is 4.64. The standard InChI is InChI=1S/C22H30N4O2/c1-3-23-22(26-14-20-6-4-5-10-24-20)25-13-19-8-7-17(2)12-21(19)28-16-18-9-11-27-15-18/h4-8,10,12,18H,3,9,11,13-16H2,1-2H3,(H2,23,25,26). The molecule has 6 nitrogen and oxygen atoms in total. The highest BCUT2D eigenvalue weighted by atomic mass is 16.5. The quantitative estimate of drug-likeness (QED) is 0.543. The van der Waals surface area contributed by atoms with Crippen LogP contribution in [0.1, 0.15) is 30.2 Å². The second kappa shape index (κ2) is 10.7. The molecule has 1 aromatic heterocycles. The number of nitrogens with one attached hydrogen (secondary N) is 2. The zero-order valence-corrected chi connectivity index (χ0v) is 16.8. The fourth-order valence-corrected chi connectivity index (χ4v) is 3.03. The van der Waals surface area contributed by atoms with E-state index in [2.05, 4.69) is 47.7 Å². The lowest BCUT2D eigenvalue weighted by Gasteiger charge is -2.15. The van der Waals surface area contributed by atoms with Gasteiger partial charge in [0.1, 0.15) is 5.75 Å². The molecule has 2 N–H and O–H groups in total. The fraction of sp³-hybridized carbons (Fsp3) is 0.455. The van der Waals surface area contributed by atoms with Gasteiger partial charge in [-0.25, -0.2) is 4.99 Å². The highest BCUT2D eigenvalue weighted by molar-refractivity contribution is 5.79. The highest BCUT2D eigenvalue weighted by Crippen LogP contribution is 2.23. The second-order valence-corrected chi connectivity index (χ2v) is 7.02. The summed E-state index contributed by atoms with van der Waals surface area (Å²) >= 11 is 0. The number of aromatic nitrogens is 1. The zero-order chi connectivity index (χ0) is 19.6. The van der Waals surface area contributed by atoms with Crippen molar-refractivity contribution in [1.82, 2.24) is 15.6 Å². The molecule has 150 valence electrons. The van der Waals surface area contributed by atoms with Crippen LogP contribution in [0.25, 0.3) is 0 Å². The van der Waals surface area contributed by atoms with Gasteiger partial charge in [-0.15, -0.1) is 0 Å². The first kappa shape index (κ1) is 20.1. The van der Waals surface area contributed by atoms with E-state index in [1.165, 1.54) is 5.56 Å². The number of ether oxygens (including phenoxy) is 2. The van der Waals surface area contributed by atoms with Crippen LogP contribution in [0, 0.1) is 12.8 Å². The first-order valence-electron chi connectivity index (χ1n) is 9.96. The summed E-state index contributed by atoms with van der Waals surface area (Å²) < 4.78 is 11.6. The molecule has 1 aliphatic heterocycles. The molecule has 0 amide bonds. The molecule has 1 fully saturated rings. The Morgan fingerprint density at radius 2 is 2.21 bits per heavy atom. The number of aliphatic imine (C=N–C) groups is 1. The Kier molecular flexibility index (Phi) is 7.67. The van der Waals surface area contributed by atoms with Gasteiger partial charge in [-0.05, 0) is 44.0 Å². The van der Waals surface area contributed by atoms with E-state index in [1.54, 1.807) is 6.20 Å². The smallest absolute Gasteiger partial charge is 0.191 e. The molecule has 0 radical (unpaired) electrons. The average Bonchev–Trinajstić information content (AvgIpc) is 3.24. The van der Waals surface area contributed by atoms with E-state index in [4.69, 9.17) is 14.5 Å². The van der Waals surface area contributed by atoms with Crippen LogP contribution in [0.4, 0.5) is 0 Å². The Hall–Kier alpha value is -2.60. The van der Waals surface area contributed by atoms with Crippen molar-refractivity contribution in [2.24, 2.45) is 10.9 Å². The summed E-state index contributed by atoms with van der Waals surface area (Å²) in [4.78, 5) is 9.07. The van der Waals surface area contributed by atoms with E-state index >= 15 is 0 Å². The molecule has 1 aromatic carbocycles. The maximum atomic E-state index is 6.12. The molecule has 2 heterocycles. The molecule has 28 heavy (non-hydrogen) atoms. The summed E-state index contributed by atoms with van der Waals surface area (Å²) in [5, 5.41) is 6.62. The van der Waals surface area contributed by atoms with Crippen molar-refractivity contribution in [3.05, 3.63) is 59.4 Å². The maximum Gasteiger partial charge on any atom is 0.191 e. The van der Waals surface area contributed by atoms with Crippen LogP contribution in [0.3, 0.4) is 0 Å². The van der Waals surface area contributed by atoms with Crippen LogP contribution in [0.5, 0.6) is 5.75 Å². The normalized spacial score (nSPS) is 16.8. The minimum absolute atomic E-state index is 0.481. The van der Waals surface area contributed by atoms with Crippen LogP contribution in [-0.2, 0) is 17.8 Å². The zero-order valence-electron chi connectivity index (χ0n) is 16.8. The van der Waals surface area contributed by atoms with Crippen molar-refractivity contribution >= 4 is 5.96 Å². The number of rotatable bonds is 8. The van der Waals surface area contributed by atoms with Gasteiger partial charge in [0.05, 0.1) is 32.0 Å². The lowest BCUT2D eigenvalue weighted by molar-refractivity contribution is 0.166. The molecule has 1 unspecified atom stereocenters. The van der Waals surface area contributed by atoms with Crippen LogP contribution in [0.2, 0.25) is 0 Å². The number of guanidine groups is 1. The number of nitrogens with zero attached hydrogens (tertiary/aromatic N) is 2. The lowest BCUT2D eigenvalue weighted by atomic mass is 10.1. The predicted octanol–water partition coefficient (Wildman–Crippen LogP) is 3.06. The summed E-state index contributed by atoms with van der Waals surface area (Å²) in [5.74, 6) is 2.16. The van der Waals surface area contributed by atoms with Crippen molar-refractivity contribution in [3.63, 3.8) is 0 Å². The Morgan fingerprint density at radius 1 is 1.29 bits per heavy atom. The minimum Gasteiger partial charge on any atom is -0.493 e. The van der Waals surface area contributed by atoms with Crippen LogP contribution in [-0.4, -0.2) is 37.3 Å². The van der Waals surface area contributed by atoms with Gasteiger partial charge in [0.25, 0.3) is 0 Å². The van der Waals surface area contributed by atoms with E-state index in [9.17, 15) is 0 Å². The van der Waals surface area contributed by atoms with Crippen molar-refractivity contribution < 1.29 is 9.47 Å². The summed E-state index contributed by atoms with van der Waals surface area (Å²) in [6.07, 6.45) is 2.87. The molecule has 1 aliphatic rings. The molecule has 0 saturated carbocycles. The number of hydrogen-bond acceptors (Lipinski definition) is 4. The number of pyridine rings is 1. The molecule has 1 atom stereocenters. The van der Waals surface area contributed by atoms with Crippen molar-refractivity contribution in [3.8, 4) is 5.75 Å². The van der Waals surface area contributed by atoms with E-state index in [-0.39, 0.29) is 0 Å². The third kappa shape index (κ3) is 6.23. The average molecular weight is 383 g/mol. The monoisotopic (exact) mass is 382 g/mol. The van der Waals surface area contributed by atoms with E-state index in [0.717, 1.165) is 49.1 Å². The van der Waals surface area contributed by atoms with Gasteiger partial charge >= 0.3 is 0 Å². The molecule has 3 rings (SSSR count). The number of benzene rings is 1. The van der Waals surface area contributed by atoms with Gasteiger partial charge in [-0.1, -0.05) is 18.2 Å². The summed E-state index contributed by atoms with van der Waals surface area (Å²) in [6, 6.07) is 12.2. The summed E-state index contributed by atoms with van der Waals surface area (Å²) in [7, 11) is 0. The van der Waals surface area contributed by atoms with Gasteiger partial charge in [0, 0.05) is 30.8 Å². The Balaban J connectivity index is 1.63. The highest BCUT2D eigenvalue weighted by Gasteiger charge is 2.17. The van der Waals surface area contributed by atoms with Gasteiger partial charge < -0.3 is 20.1 Å². The Bertz CT molecular complexity index is 758. The first-order valence-corrected chi connectivity index (χ1v) is 9.96. The Labute approximate surface area is 167 Å². The van der Waals surface area contributed by atoms with E-state index in [0.29, 0.717) is 25.6 Å². The molecule has 6 heteroatoms. The topological polar surface area (TPSA) is 67.8 Å². The predicted molar refractivity (Wildman–Crippen MR) is 111 cm³/mol. The molecular formula is C22H30N4O2. The second-order valence-electron chi connectivity index (χ2n) is 7.02. The number of aryl methyl sites for hydroxylation is 1. The van der Waals surface area contributed by atoms with E-state index < -0.39 is 0 Å². The molecule has 0 spiro atoms. The molecular weight excluding hydrogens is 352 g/mol. The summed E-state index contributed by atoms with van der Waals surface area (Å²) in [6.45, 7) is 8.44. The molecule has 2 aromatic rings. The van der Waals surface area contributed by atoms with Gasteiger partial charge in [0.2, 0.25) is 0 Å². The third-order valence-corrected chi connectivity index (χ3v) is 4.64. The molecule has 1 saturated heterocycles. The minimum atomic E-state index is 0.481. The molecule has 0 aliphatic carbocycles.